The van der Waals surface area contributed by atoms with Crippen LogP contribution in [-0.2, 0) is 4.79 Å². The lowest BCUT2D eigenvalue weighted by Crippen LogP contribution is -1.91. The highest BCUT2D eigenvalue weighted by Crippen LogP contribution is 2.00. The lowest BCUT2D eigenvalue weighted by atomic mass is 10.2. The van der Waals surface area contributed by atoms with Crippen LogP contribution in [0.5, 0.6) is 0 Å². The fourth-order valence-electron chi connectivity index (χ4n) is 1.88. The largest absolute Gasteiger partial charge is 0.481 e. The molecule has 0 aliphatic rings. The van der Waals surface area contributed by atoms with Gasteiger partial charge in [-0.25, -0.2) is 0 Å². The molecule has 0 fully saturated rings. The fourth-order valence-corrected chi connectivity index (χ4v) is 1.88. The van der Waals surface area contributed by atoms with Crippen LogP contribution in [0.2, 0.25) is 0 Å². The maximum Gasteiger partial charge on any atom is 0.303 e. The Balaban J connectivity index is 3.48. The maximum absolute atomic E-state index is 10.3. The van der Waals surface area contributed by atoms with E-state index in [0.29, 0.717) is 6.42 Å². The summed E-state index contributed by atoms with van der Waals surface area (Å²) in [6, 6.07) is 0. The first kappa shape index (κ1) is 21.9. The second-order valence-corrected chi connectivity index (χ2v) is 5.44. The van der Waals surface area contributed by atoms with E-state index in [2.05, 4.69) is 61.3 Å². The molecule has 0 bridgehead atoms. The number of aliphatic carboxylic acids is 1. The molecule has 0 aliphatic heterocycles. The van der Waals surface area contributed by atoms with Gasteiger partial charge in [-0.15, -0.1) is 5.73 Å². The van der Waals surface area contributed by atoms with Crippen molar-refractivity contribution in [1.82, 2.24) is 0 Å². The van der Waals surface area contributed by atoms with Crippen molar-refractivity contribution in [1.29, 1.82) is 0 Å². The number of carboxylic acid groups (broad SMARTS) is 1. The van der Waals surface area contributed by atoms with Gasteiger partial charge in [0, 0.05) is 6.42 Å². The van der Waals surface area contributed by atoms with Gasteiger partial charge in [0.2, 0.25) is 0 Å². The van der Waals surface area contributed by atoms with Gasteiger partial charge in [0.1, 0.15) is 0 Å². The summed E-state index contributed by atoms with van der Waals surface area (Å²) in [6.07, 6.45) is 29.3. The van der Waals surface area contributed by atoms with Gasteiger partial charge in [-0.2, -0.15) is 0 Å². The Morgan fingerprint density at radius 1 is 0.792 bits per heavy atom. The molecule has 0 aromatic carbocycles. The second-order valence-electron chi connectivity index (χ2n) is 5.44. The van der Waals surface area contributed by atoms with E-state index in [1.165, 1.54) is 6.42 Å². The van der Waals surface area contributed by atoms with Crippen molar-refractivity contribution in [2.24, 2.45) is 0 Å². The molecule has 0 rings (SSSR count). The minimum atomic E-state index is -0.740. The van der Waals surface area contributed by atoms with Crippen LogP contribution in [0.1, 0.15) is 64.7 Å². The fraction of sp³-hybridized carbons (Fsp3) is 0.455. The molecule has 0 atom stereocenters. The van der Waals surface area contributed by atoms with Crippen LogP contribution in [0.4, 0.5) is 0 Å². The molecule has 2 nitrogen and oxygen atoms in total. The Morgan fingerprint density at radius 2 is 1.33 bits per heavy atom. The lowest BCUT2D eigenvalue weighted by molar-refractivity contribution is -0.136. The zero-order valence-electron chi connectivity index (χ0n) is 15.0. The molecule has 132 valence electrons. The van der Waals surface area contributed by atoms with Gasteiger partial charge >= 0.3 is 5.97 Å². The number of carbonyl (C=O) groups is 1. The highest BCUT2D eigenvalue weighted by molar-refractivity contribution is 5.66. The molecule has 24 heavy (non-hydrogen) atoms. The van der Waals surface area contributed by atoms with Gasteiger partial charge in [-0.3, -0.25) is 4.79 Å². The van der Waals surface area contributed by atoms with Crippen molar-refractivity contribution in [2.75, 3.05) is 0 Å². The minimum absolute atomic E-state index is 0.211. The summed E-state index contributed by atoms with van der Waals surface area (Å²) in [5, 5.41) is 8.49. The number of hydrogen-bond donors (Lipinski definition) is 1. The highest BCUT2D eigenvalue weighted by atomic mass is 16.4. The van der Waals surface area contributed by atoms with Crippen LogP contribution in [-0.4, -0.2) is 11.1 Å². The summed E-state index contributed by atoms with van der Waals surface area (Å²) in [5.41, 5.74) is 3.17. The quantitative estimate of drug-likeness (QED) is 0.223. The Bertz CT molecular complexity index is 472. The summed E-state index contributed by atoms with van der Waals surface area (Å²) in [4.78, 5) is 10.3. The molecule has 0 amide bonds. The van der Waals surface area contributed by atoms with Crippen molar-refractivity contribution in [3.8, 4) is 0 Å². The van der Waals surface area contributed by atoms with Gasteiger partial charge < -0.3 is 5.11 Å². The molecule has 0 aromatic heterocycles. The summed E-state index contributed by atoms with van der Waals surface area (Å²) in [6.45, 7) is 2.12. The van der Waals surface area contributed by atoms with Crippen molar-refractivity contribution in [3.05, 3.63) is 66.5 Å². The van der Waals surface area contributed by atoms with E-state index >= 15 is 0 Å². The van der Waals surface area contributed by atoms with Crippen LogP contribution in [0.3, 0.4) is 0 Å². The molecule has 0 spiro atoms. The van der Waals surface area contributed by atoms with Crippen molar-refractivity contribution >= 4 is 5.97 Å². The lowest BCUT2D eigenvalue weighted by Gasteiger charge is -1.89. The molecule has 0 aromatic rings. The molecular weight excluding hydrogens is 296 g/mol. The molecule has 0 saturated carbocycles. The average Bonchev–Trinajstić information content (AvgIpc) is 2.56. The van der Waals surface area contributed by atoms with Gasteiger partial charge in [0.25, 0.3) is 0 Å². The monoisotopic (exact) mass is 328 g/mol. The number of rotatable bonds is 14. The molecule has 0 aliphatic carbocycles. The molecule has 0 heterocycles. The zero-order chi connectivity index (χ0) is 17.7. The smallest absolute Gasteiger partial charge is 0.303 e. The van der Waals surface area contributed by atoms with E-state index in [-0.39, 0.29) is 6.42 Å². The average molecular weight is 328 g/mol. The third-order valence-corrected chi connectivity index (χ3v) is 3.17. The maximum atomic E-state index is 10.3. The Kier molecular flexibility index (Phi) is 17.4. The normalized spacial score (nSPS) is 11.7. The zero-order valence-corrected chi connectivity index (χ0v) is 15.0. The van der Waals surface area contributed by atoms with Gasteiger partial charge in [0.15, 0.2) is 0 Å². The molecular formula is C22H32O2. The van der Waals surface area contributed by atoms with Crippen LogP contribution >= 0.6 is 0 Å². The Hall–Kier alpha value is -2.05. The van der Waals surface area contributed by atoms with Crippen LogP contribution in [0.15, 0.2) is 66.5 Å². The topological polar surface area (TPSA) is 37.3 Å². The third-order valence-electron chi connectivity index (χ3n) is 3.17. The summed E-state index contributed by atoms with van der Waals surface area (Å²) >= 11 is 0. The Morgan fingerprint density at radius 3 is 1.88 bits per heavy atom. The van der Waals surface area contributed by atoms with Crippen LogP contribution in [0, 0.1) is 0 Å². The van der Waals surface area contributed by atoms with Crippen molar-refractivity contribution < 1.29 is 9.90 Å². The number of unbranched alkanes of at least 4 members (excludes halogenated alkanes) is 2. The standard InChI is InChI=1S/C22H32O2/c1-2-3-4-5-6-7-8-9-10-11-12-13-14-15-16-17-18-19-20-21-22(23)24/h3,5,9-10,12-13,15-16,18-19H,2,6-8,11,14,17,20-21H2,1H3,(H,23,24)/b10-9+,13-12+,16-15+,19-18+. The SMILES string of the molecule is CCC=C=CCCC/C=C/C/C=C/C/C=C/C/C=C/CCC(=O)O. The molecule has 0 radical (unpaired) electrons. The minimum Gasteiger partial charge on any atom is -0.481 e. The predicted molar refractivity (Wildman–Crippen MR) is 104 cm³/mol. The van der Waals surface area contributed by atoms with E-state index in [0.717, 1.165) is 38.5 Å². The predicted octanol–water partition coefficient (Wildman–Crippen LogP) is 6.54. The molecule has 1 N–H and O–H groups in total. The van der Waals surface area contributed by atoms with E-state index < -0.39 is 5.97 Å². The number of hydrogen-bond acceptors (Lipinski definition) is 1. The third kappa shape index (κ3) is 19.9. The van der Waals surface area contributed by atoms with Crippen LogP contribution in [0.25, 0.3) is 0 Å². The second kappa shape index (κ2) is 19.0. The van der Waals surface area contributed by atoms with Crippen molar-refractivity contribution in [3.63, 3.8) is 0 Å². The van der Waals surface area contributed by atoms with E-state index in [4.69, 9.17) is 5.11 Å². The number of carboxylic acids is 1. The van der Waals surface area contributed by atoms with Crippen LogP contribution < -0.4 is 0 Å². The highest BCUT2D eigenvalue weighted by Gasteiger charge is 1.90. The summed E-state index contributed by atoms with van der Waals surface area (Å²) in [5.74, 6) is -0.740. The molecule has 0 unspecified atom stereocenters. The van der Waals surface area contributed by atoms with E-state index in [1.807, 2.05) is 12.2 Å². The summed E-state index contributed by atoms with van der Waals surface area (Å²) < 4.78 is 0. The summed E-state index contributed by atoms with van der Waals surface area (Å²) in [7, 11) is 0. The number of allylic oxidation sites excluding steroid dienone is 9. The van der Waals surface area contributed by atoms with E-state index in [9.17, 15) is 4.79 Å². The first-order valence-corrected chi connectivity index (χ1v) is 8.98. The molecule has 0 saturated heterocycles. The first-order valence-electron chi connectivity index (χ1n) is 8.98. The van der Waals surface area contributed by atoms with Gasteiger partial charge in [0.05, 0.1) is 0 Å². The Labute approximate surface area is 147 Å². The van der Waals surface area contributed by atoms with E-state index in [1.54, 1.807) is 0 Å². The van der Waals surface area contributed by atoms with Crippen molar-refractivity contribution in [2.45, 2.75) is 64.7 Å². The van der Waals surface area contributed by atoms with Gasteiger partial charge in [-0.1, -0.05) is 55.5 Å². The molecule has 2 heteroatoms. The van der Waals surface area contributed by atoms with Gasteiger partial charge in [-0.05, 0) is 63.5 Å². The first-order chi connectivity index (χ1) is 11.8.